The van der Waals surface area contributed by atoms with Crippen LogP contribution in [0.3, 0.4) is 0 Å². The van der Waals surface area contributed by atoms with Gasteiger partial charge in [-0.3, -0.25) is 4.79 Å². The van der Waals surface area contributed by atoms with Gasteiger partial charge >= 0.3 is 0 Å². The molecule has 1 amide bonds. The van der Waals surface area contributed by atoms with Gasteiger partial charge in [-0.1, -0.05) is 18.5 Å². The van der Waals surface area contributed by atoms with E-state index in [4.69, 9.17) is 22.1 Å². The third-order valence-corrected chi connectivity index (χ3v) is 6.35. The number of piperidine rings is 1. The van der Waals surface area contributed by atoms with E-state index < -0.39 is 6.23 Å². The van der Waals surface area contributed by atoms with E-state index in [-0.39, 0.29) is 17.7 Å². The number of hydrogen-bond acceptors (Lipinski definition) is 6. The summed E-state index contributed by atoms with van der Waals surface area (Å²) in [5.41, 5.74) is 8.67. The fourth-order valence-corrected chi connectivity index (χ4v) is 4.31. The monoisotopic (exact) mass is 486 g/mol. The lowest BCUT2D eigenvalue weighted by molar-refractivity contribution is -0.115. The highest BCUT2D eigenvalue weighted by Crippen LogP contribution is 2.30. The van der Waals surface area contributed by atoms with E-state index in [2.05, 4.69) is 17.6 Å². The Morgan fingerprint density at radius 1 is 1.21 bits per heavy atom. The number of nitrogens with one attached hydrogen (secondary N) is 2. The van der Waals surface area contributed by atoms with Crippen molar-refractivity contribution >= 4 is 34.6 Å². The zero-order chi connectivity index (χ0) is 24.7. The summed E-state index contributed by atoms with van der Waals surface area (Å²) in [6, 6.07) is 14.4. The first-order valence-electron chi connectivity index (χ1n) is 11.8. The second-order valence-electron chi connectivity index (χ2n) is 8.63. The molecular weight excluding hydrogens is 452 g/mol. The standard InChI is InChI=1S/C26H35ClN4O3/c1-4-23(18-13-15-29-16-14-18)34-25(19-5-9-21(10-6-19)30-17(2)32)24(28)26(33)31(3)22-11-7-20(27)8-12-22/h5-12,17-18,23,29-30,32H,4,13-16,28H2,1-3H3/b25-24-. The summed E-state index contributed by atoms with van der Waals surface area (Å²) in [4.78, 5) is 14.9. The van der Waals surface area contributed by atoms with Crippen molar-refractivity contribution in [2.75, 3.05) is 30.4 Å². The van der Waals surface area contributed by atoms with Crippen LogP contribution in [0.25, 0.3) is 5.76 Å². The molecule has 34 heavy (non-hydrogen) atoms. The van der Waals surface area contributed by atoms with Crippen molar-refractivity contribution in [2.24, 2.45) is 11.7 Å². The number of likely N-dealkylation sites (N-methyl/N-ethyl adjacent to an activating group) is 1. The molecule has 2 aromatic rings. The highest BCUT2D eigenvalue weighted by Gasteiger charge is 2.28. The lowest BCUT2D eigenvalue weighted by atomic mass is 9.90. The summed E-state index contributed by atoms with van der Waals surface area (Å²) in [6.07, 6.45) is 2.11. The zero-order valence-electron chi connectivity index (χ0n) is 20.1. The van der Waals surface area contributed by atoms with Crippen molar-refractivity contribution in [1.82, 2.24) is 5.32 Å². The molecule has 5 N–H and O–H groups in total. The normalized spacial score (nSPS) is 16.9. The molecule has 0 saturated carbocycles. The maximum atomic E-state index is 13.4. The summed E-state index contributed by atoms with van der Waals surface area (Å²) in [5, 5.41) is 16.5. The molecule has 1 aliphatic rings. The Morgan fingerprint density at radius 2 is 1.82 bits per heavy atom. The highest BCUT2D eigenvalue weighted by atomic mass is 35.5. The number of anilines is 2. The van der Waals surface area contributed by atoms with Crippen molar-refractivity contribution < 1.29 is 14.6 Å². The lowest BCUT2D eigenvalue weighted by Crippen LogP contribution is -2.36. The number of carbonyl (C=O) groups is 1. The second-order valence-corrected chi connectivity index (χ2v) is 9.07. The van der Waals surface area contributed by atoms with Gasteiger partial charge in [-0.05, 0) is 93.7 Å². The average Bonchev–Trinajstić information content (AvgIpc) is 2.85. The number of nitrogens with two attached hydrogens (primary N) is 1. The number of aliphatic hydroxyl groups excluding tert-OH is 1. The molecule has 1 saturated heterocycles. The SMILES string of the molecule is CCC(O/C(=C(\N)C(=O)N(C)c1ccc(Cl)cc1)c1ccc(NC(C)O)cc1)C1CCNCC1. The number of amides is 1. The Balaban J connectivity index is 1.95. The number of benzene rings is 2. The van der Waals surface area contributed by atoms with Gasteiger partial charge in [0.2, 0.25) is 0 Å². The molecule has 2 aromatic carbocycles. The Kier molecular flexibility index (Phi) is 9.21. The Morgan fingerprint density at radius 3 is 2.38 bits per heavy atom. The van der Waals surface area contributed by atoms with E-state index in [0.717, 1.165) is 38.0 Å². The highest BCUT2D eigenvalue weighted by molar-refractivity contribution is 6.30. The van der Waals surface area contributed by atoms with E-state index in [1.54, 1.807) is 38.2 Å². The molecule has 1 aliphatic heterocycles. The fourth-order valence-electron chi connectivity index (χ4n) is 4.19. The first kappa shape index (κ1) is 25.9. The minimum absolute atomic E-state index is 0.0427. The van der Waals surface area contributed by atoms with Crippen LogP contribution in [0, 0.1) is 5.92 Å². The van der Waals surface area contributed by atoms with Gasteiger partial charge in [0.15, 0.2) is 5.76 Å². The van der Waals surface area contributed by atoms with Gasteiger partial charge in [0, 0.05) is 29.0 Å². The molecule has 3 rings (SSSR count). The molecule has 0 bridgehead atoms. The molecule has 0 aromatic heterocycles. The Labute approximate surface area is 206 Å². The molecule has 1 fully saturated rings. The summed E-state index contributed by atoms with van der Waals surface area (Å²) < 4.78 is 6.52. The van der Waals surface area contributed by atoms with Gasteiger partial charge in [-0.2, -0.15) is 0 Å². The van der Waals surface area contributed by atoms with Crippen LogP contribution in [0.4, 0.5) is 11.4 Å². The first-order valence-corrected chi connectivity index (χ1v) is 12.1. The van der Waals surface area contributed by atoms with Crippen LogP contribution in [0.1, 0.15) is 38.7 Å². The van der Waals surface area contributed by atoms with E-state index in [1.807, 2.05) is 24.3 Å². The summed E-state index contributed by atoms with van der Waals surface area (Å²) in [7, 11) is 1.68. The Bertz CT molecular complexity index is 971. The third kappa shape index (κ3) is 6.65. The molecule has 1 heterocycles. The molecule has 0 spiro atoms. The number of carbonyl (C=O) groups excluding carboxylic acids is 1. The largest absolute Gasteiger partial charge is 0.487 e. The average molecular weight is 487 g/mol. The topological polar surface area (TPSA) is 99.9 Å². The number of rotatable bonds is 9. The van der Waals surface area contributed by atoms with Gasteiger partial charge in [0.05, 0.1) is 0 Å². The van der Waals surface area contributed by atoms with Crippen LogP contribution in [0.5, 0.6) is 0 Å². The van der Waals surface area contributed by atoms with Crippen molar-refractivity contribution in [3.05, 3.63) is 64.8 Å². The van der Waals surface area contributed by atoms with E-state index in [9.17, 15) is 9.90 Å². The Hall–Kier alpha value is -2.74. The molecular formula is C26H35ClN4O3. The molecule has 2 atom stereocenters. The summed E-state index contributed by atoms with van der Waals surface area (Å²) in [6.45, 7) is 5.66. The predicted octanol–water partition coefficient (Wildman–Crippen LogP) is 4.18. The number of hydrogen-bond donors (Lipinski definition) is 4. The molecule has 0 radical (unpaired) electrons. The van der Waals surface area contributed by atoms with E-state index in [0.29, 0.717) is 28.0 Å². The van der Waals surface area contributed by atoms with Crippen LogP contribution in [0.2, 0.25) is 5.02 Å². The molecule has 8 heteroatoms. The maximum absolute atomic E-state index is 13.4. The lowest BCUT2D eigenvalue weighted by Gasteiger charge is -2.32. The van der Waals surface area contributed by atoms with Crippen LogP contribution in [0.15, 0.2) is 54.2 Å². The summed E-state index contributed by atoms with van der Waals surface area (Å²) in [5.74, 6) is 0.401. The van der Waals surface area contributed by atoms with Gasteiger partial charge in [-0.15, -0.1) is 0 Å². The number of aliphatic hydroxyl groups is 1. The van der Waals surface area contributed by atoms with Crippen molar-refractivity contribution in [3.63, 3.8) is 0 Å². The third-order valence-electron chi connectivity index (χ3n) is 6.10. The van der Waals surface area contributed by atoms with E-state index in [1.165, 1.54) is 4.90 Å². The molecule has 2 unspecified atom stereocenters. The zero-order valence-corrected chi connectivity index (χ0v) is 20.8. The summed E-state index contributed by atoms with van der Waals surface area (Å²) >= 11 is 6.00. The molecule has 7 nitrogen and oxygen atoms in total. The minimum Gasteiger partial charge on any atom is -0.487 e. The van der Waals surface area contributed by atoms with Crippen LogP contribution in [-0.4, -0.2) is 43.5 Å². The van der Waals surface area contributed by atoms with Crippen molar-refractivity contribution in [1.29, 1.82) is 0 Å². The van der Waals surface area contributed by atoms with Crippen LogP contribution < -0.4 is 21.3 Å². The quantitative estimate of drug-likeness (QED) is 0.241. The predicted molar refractivity (Wildman–Crippen MR) is 138 cm³/mol. The molecule has 184 valence electrons. The maximum Gasteiger partial charge on any atom is 0.277 e. The minimum atomic E-state index is -0.679. The smallest absolute Gasteiger partial charge is 0.277 e. The van der Waals surface area contributed by atoms with E-state index >= 15 is 0 Å². The molecule has 0 aliphatic carbocycles. The van der Waals surface area contributed by atoms with Crippen LogP contribution >= 0.6 is 11.6 Å². The first-order chi connectivity index (χ1) is 16.3. The number of halogens is 1. The fraction of sp³-hybridized carbons (Fsp3) is 0.423. The van der Waals surface area contributed by atoms with Crippen LogP contribution in [-0.2, 0) is 9.53 Å². The van der Waals surface area contributed by atoms with Gasteiger partial charge in [0.1, 0.15) is 18.0 Å². The van der Waals surface area contributed by atoms with Crippen molar-refractivity contribution in [3.8, 4) is 0 Å². The van der Waals surface area contributed by atoms with Gasteiger partial charge in [-0.25, -0.2) is 0 Å². The second kappa shape index (κ2) is 12.1. The number of nitrogens with zero attached hydrogens (tertiary/aromatic N) is 1. The van der Waals surface area contributed by atoms with Crippen molar-refractivity contribution in [2.45, 2.75) is 45.4 Å². The van der Waals surface area contributed by atoms with Gasteiger partial charge in [0.25, 0.3) is 5.91 Å². The number of ether oxygens (including phenoxy) is 1. The van der Waals surface area contributed by atoms with Gasteiger partial charge < -0.3 is 31.1 Å².